The highest BCUT2D eigenvalue weighted by Gasteiger charge is 2.24. The van der Waals surface area contributed by atoms with Gasteiger partial charge < -0.3 is 10.4 Å². The minimum atomic E-state index is -0.708. The van der Waals surface area contributed by atoms with E-state index in [4.69, 9.17) is 0 Å². The topological polar surface area (TPSA) is 52.6 Å². The number of hydrogen-bond acceptors (Lipinski definition) is 3. The third kappa shape index (κ3) is 5.43. The normalized spacial score (nSPS) is 18.2. The van der Waals surface area contributed by atoms with Crippen molar-refractivity contribution in [3.05, 3.63) is 35.9 Å². The first-order valence-corrected chi connectivity index (χ1v) is 8.44. The van der Waals surface area contributed by atoms with Gasteiger partial charge >= 0.3 is 5.97 Å². The molecule has 0 spiro atoms. The Morgan fingerprint density at radius 3 is 2.59 bits per heavy atom. The van der Waals surface area contributed by atoms with E-state index in [-0.39, 0.29) is 6.04 Å². The lowest BCUT2D eigenvalue weighted by Gasteiger charge is -2.33. The quantitative estimate of drug-likeness (QED) is 0.775. The molecule has 0 radical (unpaired) electrons. The van der Waals surface area contributed by atoms with Gasteiger partial charge in [0, 0.05) is 12.6 Å². The predicted octanol–water partition coefficient (Wildman–Crippen LogP) is 2.88. The smallest absolute Gasteiger partial charge is 0.320 e. The van der Waals surface area contributed by atoms with Crippen molar-refractivity contribution in [3.8, 4) is 0 Å². The third-order valence-electron chi connectivity index (χ3n) is 4.42. The molecule has 1 aromatic rings. The number of benzene rings is 1. The Labute approximate surface area is 133 Å². The van der Waals surface area contributed by atoms with Crippen LogP contribution in [0, 0.1) is 0 Å². The summed E-state index contributed by atoms with van der Waals surface area (Å²) in [7, 11) is 0. The zero-order valence-corrected chi connectivity index (χ0v) is 13.5. The summed E-state index contributed by atoms with van der Waals surface area (Å²) in [6.07, 6.45) is 4.80. The number of nitrogens with one attached hydrogen (secondary N) is 1. The molecule has 1 aliphatic heterocycles. The van der Waals surface area contributed by atoms with Crippen molar-refractivity contribution in [2.75, 3.05) is 13.1 Å². The molecule has 1 fully saturated rings. The van der Waals surface area contributed by atoms with E-state index < -0.39 is 5.97 Å². The molecule has 0 amide bonds. The second-order valence-electron chi connectivity index (χ2n) is 6.24. The molecule has 2 N–H and O–H groups in total. The van der Waals surface area contributed by atoms with Crippen molar-refractivity contribution in [1.29, 1.82) is 0 Å². The molecule has 22 heavy (non-hydrogen) atoms. The van der Waals surface area contributed by atoms with Crippen LogP contribution in [-0.4, -0.2) is 41.1 Å². The van der Waals surface area contributed by atoms with Crippen LogP contribution < -0.4 is 5.32 Å². The fourth-order valence-corrected chi connectivity index (χ4v) is 3.07. The molecule has 4 heteroatoms. The van der Waals surface area contributed by atoms with Crippen LogP contribution in [0.5, 0.6) is 0 Å². The maximum atomic E-state index is 11.3. The Hall–Kier alpha value is -1.39. The van der Waals surface area contributed by atoms with Crippen LogP contribution in [0.25, 0.3) is 0 Å². The minimum absolute atomic E-state index is 0.338. The molecule has 1 aliphatic rings. The molecule has 1 aromatic carbocycles. The van der Waals surface area contributed by atoms with Gasteiger partial charge in [0.2, 0.25) is 0 Å². The first-order valence-electron chi connectivity index (χ1n) is 8.44. The van der Waals surface area contributed by atoms with Gasteiger partial charge in [0.25, 0.3) is 0 Å². The maximum Gasteiger partial charge on any atom is 0.320 e. The number of likely N-dealkylation sites (tertiary alicyclic amines) is 1. The van der Waals surface area contributed by atoms with Crippen LogP contribution in [0.15, 0.2) is 30.3 Å². The van der Waals surface area contributed by atoms with Gasteiger partial charge in [-0.1, -0.05) is 50.1 Å². The lowest BCUT2D eigenvalue weighted by atomic mass is 10.0. The fourth-order valence-electron chi connectivity index (χ4n) is 3.07. The van der Waals surface area contributed by atoms with Crippen molar-refractivity contribution >= 4 is 5.97 Å². The van der Waals surface area contributed by atoms with Gasteiger partial charge in [-0.05, 0) is 37.9 Å². The predicted molar refractivity (Wildman–Crippen MR) is 88.8 cm³/mol. The van der Waals surface area contributed by atoms with E-state index in [1.807, 2.05) is 6.07 Å². The fraction of sp³-hybridized carbons (Fsp3) is 0.611. The Bertz CT molecular complexity index is 442. The Kier molecular flexibility index (Phi) is 6.87. The van der Waals surface area contributed by atoms with Crippen molar-refractivity contribution < 1.29 is 9.90 Å². The van der Waals surface area contributed by atoms with Crippen molar-refractivity contribution in [2.45, 2.75) is 57.7 Å². The molecular formula is C18H28N2O2. The van der Waals surface area contributed by atoms with E-state index in [2.05, 4.69) is 41.4 Å². The molecule has 0 aromatic heterocycles. The molecule has 1 saturated heterocycles. The van der Waals surface area contributed by atoms with Crippen LogP contribution in [0.2, 0.25) is 0 Å². The molecule has 1 heterocycles. The summed E-state index contributed by atoms with van der Waals surface area (Å²) >= 11 is 0. The standard InChI is InChI=1S/C18H28N2O2/c1-2-3-9-17(18(21)22)19-16-10-12-20(13-11-16)14-15-7-5-4-6-8-15/h4-8,16-17,19H,2-3,9-14H2,1H3,(H,21,22). The molecule has 1 atom stereocenters. The maximum absolute atomic E-state index is 11.3. The SMILES string of the molecule is CCCCC(NC1CCN(Cc2ccccc2)CC1)C(=O)O. The molecular weight excluding hydrogens is 276 g/mol. The van der Waals surface area contributed by atoms with Crippen molar-refractivity contribution in [1.82, 2.24) is 10.2 Å². The second kappa shape index (κ2) is 8.91. The minimum Gasteiger partial charge on any atom is -0.480 e. The van der Waals surface area contributed by atoms with Gasteiger partial charge in [0.15, 0.2) is 0 Å². The number of aliphatic carboxylic acids is 1. The lowest BCUT2D eigenvalue weighted by molar-refractivity contribution is -0.140. The number of nitrogens with zero attached hydrogens (tertiary/aromatic N) is 1. The van der Waals surface area contributed by atoms with Gasteiger partial charge in [-0.15, -0.1) is 0 Å². The summed E-state index contributed by atoms with van der Waals surface area (Å²) in [4.78, 5) is 13.8. The summed E-state index contributed by atoms with van der Waals surface area (Å²) < 4.78 is 0. The number of carbonyl (C=O) groups is 1. The summed E-state index contributed by atoms with van der Waals surface area (Å²) in [5, 5.41) is 12.7. The number of piperidine rings is 1. The largest absolute Gasteiger partial charge is 0.480 e. The molecule has 4 nitrogen and oxygen atoms in total. The average Bonchev–Trinajstić information content (AvgIpc) is 2.54. The molecule has 0 bridgehead atoms. The zero-order chi connectivity index (χ0) is 15.8. The lowest BCUT2D eigenvalue weighted by Crippen LogP contribution is -2.48. The second-order valence-corrected chi connectivity index (χ2v) is 6.24. The van der Waals surface area contributed by atoms with E-state index in [1.54, 1.807) is 0 Å². The van der Waals surface area contributed by atoms with Gasteiger partial charge in [-0.2, -0.15) is 0 Å². The van der Waals surface area contributed by atoms with Crippen LogP contribution in [0.1, 0.15) is 44.6 Å². The number of unbranched alkanes of at least 4 members (excludes halogenated alkanes) is 1. The number of rotatable bonds is 8. The van der Waals surface area contributed by atoms with Crippen LogP contribution in [-0.2, 0) is 11.3 Å². The summed E-state index contributed by atoms with van der Waals surface area (Å²) in [5.74, 6) is -0.708. The van der Waals surface area contributed by atoms with Crippen LogP contribution >= 0.6 is 0 Å². The van der Waals surface area contributed by atoms with Crippen molar-refractivity contribution in [3.63, 3.8) is 0 Å². The third-order valence-corrected chi connectivity index (χ3v) is 4.42. The Balaban J connectivity index is 1.75. The van der Waals surface area contributed by atoms with Gasteiger partial charge in [-0.25, -0.2) is 0 Å². The Morgan fingerprint density at radius 1 is 1.32 bits per heavy atom. The van der Waals surface area contributed by atoms with Gasteiger partial charge in [-0.3, -0.25) is 9.69 Å². The number of carboxylic acids is 1. The highest BCUT2D eigenvalue weighted by molar-refractivity contribution is 5.73. The number of carboxylic acid groups (broad SMARTS) is 1. The first kappa shape index (κ1) is 17.0. The van der Waals surface area contributed by atoms with Gasteiger partial charge in [0.05, 0.1) is 0 Å². The first-order chi connectivity index (χ1) is 10.7. The van der Waals surface area contributed by atoms with Crippen LogP contribution in [0.3, 0.4) is 0 Å². The summed E-state index contributed by atoms with van der Waals surface area (Å²) in [5.41, 5.74) is 1.35. The highest BCUT2D eigenvalue weighted by Crippen LogP contribution is 2.15. The van der Waals surface area contributed by atoms with Gasteiger partial charge in [0.1, 0.15) is 6.04 Å². The monoisotopic (exact) mass is 304 g/mol. The Morgan fingerprint density at radius 2 is 2.00 bits per heavy atom. The van der Waals surface area contributed by atoms with E-state index in [1.165, 1.54) is 5.56 Å². The molecule has 0 saturated carbocycles. The molecule has 2 rings (SSSR count). The van der Waals surface area contributed by atoms with E-state index in [0.29, 0.717) is 6.04 Å². The molecule has 122 valence electrons. The molecule has 1 unspecified atom stereocenters. The summed E-state index contributed by atoms with van der Waals surface area (Å²) in [6, 6.07) is 10.5. The average molecular weight is 304 g/mol. The summed E-state index contributed by atoms with van der Waals surface area (Å²) in [6.45, 7) is 5.16. The van der Waals surface area contributed by atoms with Crippen LogP contribution in [0.4, 0.5) is 0 Å². The number of hydrogen-bond donors (Lipinski definition) is 2. The van der Waals surface area contributed by atoms with Crippen molar-refractivity contribution in [2.24, 2.45) is 0 Å². The molecule has 0 aliphatic carbocycles. The van der Waals surface area contributed by atoms with E-state index >= 15 is 0 Å². The van der Waals surface area contributed by atoms with E-state index in [0.717, 1.165) is 51.7 Å². The van der Waals surface area contributed by atoms with E-state index in [9.17, 15) is 9.90 Å². The zero-order valence-electron chi connectivity index (χ0n) is 13.5. The highest BCUT2D eigenvalue weighted by atomic mass is 16.4.